The maximum absolute atomic E-state index is 6.77. The van der Waals surface area contributed by atoms with Gasteiger partial charge < -0.3 is 9.47 Å². The first-order chi connectivity index (χ1) is 10.0. The Labute approximate surface area is 139 Å². The average molecular weight is 370 g/mol. The molecule has 4 heteroatoms. The van der Waals surface area contributed by atoms with Crippen LogP contribution in [0.4, 0.5) is 0 Å². The molecule has 2 rings (SSSR count). The van der Waals surface area contributed by atoms with Crippen molar-refractivity contribution in [2.24, 2.45) is 0 Å². The number of hydrogen-bond acceptors (Lipinski definition) is 2. The van der Waals surface area contributed by atoms with Crippen molar-refractivity contribution in [1.82, 2.24) is 0 Å². The van der Waals surface area contributed by atoms with Gasteiger partial charge in [0.1, 0.15) is 11.5 Å². The molecule has 2 aromatic carbocycles. The Balaban J connectivity index is 2.65. The summed E-state index contributed by atoms with van der Waals surface area (Å²) in [5.41, 5.74) is 4.02. The molecule has 2 aromatic rings. The standard InChI is InChI=1S/C17H18BrClO2/c1-10-9-13(18)11(2)15(17(10)21-4)16(19)12-7-5-6-8-14(12)20-3/h5-9,16H,1-4H3. The SMILES string of the molecule is COc1ccccc1C(Cl)c1c(C)c(Br)cc(C)c1OC. The molecule has 0 saturated carbocycles. The molecule has 0 N–H and O–H groups in total. The van der Waals surface area contributed by atoms with Crippen molar-refractivity contribution in [2.75, 3.05) is 14.2 Å². The Hall–Kier alpha value is -1.19. The van der Waals surface area contributed by atoms with E-state index in [1.807, 2.05) is 44.2 Å². The van der Waals surface area contributed by atoms with E-state index < -0.39 is 0 Å². The fourth-order valence-corrected chi connectivity index (χ4v) is 3.48. The van der Waals surface area contributed by atoms with Crippen molar-refractivity contribution in [1.29, 1.82) is 0 Å². The lowest BCUT2D eigenvalue weighted by atomic mass is 9.96. The lowest BCUT2D eigenvalue weighted by Gasteiger charge is -2.21. The van der Waals surface area contributed by atoms with Gasteiger partial charge in [0.25, 0.3) is 0 Å². The number of halogens is 2. The molecule has 0 saturated heterocycles. The second-order valence-electron chi connectivity index (χ2n) is 4.85. The quantitative estimate of drug-likeness (QED) is 0.671. The van der Waals surface area contributed by atoms with Gasteiger partial charge in [-0.25, -0.2) is 0 Å². The van der Waals surface area contributed by atoms with E-state index in [1.54, 1.807) is 14.2 Å². The van der Waals surface area contributed by atoms with Crippen LogP contribution >= 0.6 is 27.5 Å². The lowest BCUT2D eigenvalue weighted by molar-refractivity contribution is 0.402. The monoisotopic (exact) mass is 368 g/mol. The molecule has 1 unspecified atom stereocenters. The molecule has 0 fully saturated rings. The van der Waals surface area contributed by atoms with Gasteiger partial charge in [0.2, 0.25) is 0 Å². The van der Waals surface area contributed by atoms with E-state index in [0.717, 1.165) is 38.2 Å². The highest BCUT2D eigenvalue weighted by Gasteiger charge is 2.23. The van der Waals surface area contributed by atoms with Crippen LogP contribution in [0.3, 0.4) is 0 Å². The van der Waals surface area contributed by atoms with Crippen LogP contribution in [0.15, 0.2) is 34.8 Å². The van der Waals surface area contributed by atoms with E-state index in [1.165, 1.54) is 0 Å². The number of benzene rings is 2. The average Bonchev–Trinajstić information content (AvgIpc) is 2.49. The van der Waals surface area contributed by atoms with Crippen molar-refractivity contribution in [2.45, 2.75) is 19.2 Å². The normalized spacial score (nSPS) is 12.1. The minimum Gasteiger partial charge on any atom is -0.496 e. The van der Waals surface area contributed by atoms with Crippen LogP contribution in [-0.4, -0.2) is 14.2 Å². The van der Waals surface area contributed by atoms with Gasteiger partial charge in [-0.05, 0) is 37.1 Å². The molecule has 0 aliphatic carbocycles. The van der Waals surface area contributed by atoms with Crippen LogP contribution in [0, 0.1) is 13.8 Å². The third-order valence-electron chi connectivity index (χ3n) is 3.58. The number of methoxy groups -OCH3 is 2. The van der Waals surface area contributed by atoms with Crippen LogP contribution in [0.1, 0.15) is 27.6 Å². The highest BCUT2D eigenvalue weighted by atomic mass is 79.9. The van der Waals surface area contributed by atoms with Gasteiger partial charge in [0.05, 0.1) is 19.6 Å². The summed E-state index contributed by atoms with van der Waals surface area (Å²) >= 11 is 10.4. The van der Waals surface area contributed by atoms with Crippen LogP contribution < -0.4 is 9.47 Å². The zero-order valence-corrected chi connectivity index (χ0v) is 14.9. The van der Waals surface area contributed by atoms with E-state index in [2.05, 4.69) is 15.9 Å². The van der Waals surface area contributed by atoms with Crippen molar-refractivity contribution >= 4 is 27.5 Å². The molecule has 0 aliphatic rings. The predicted molar refractivity (Wildman–Crippen MR) is 90.9 cm³/mol. The second kappa shape index (κ2) is 6.71. The van der Waals surface area contributed by atoms with E-state index in [9.17, 15) is 0 Å². The smallest absolute Gasteiger partial charge is 0.127 e. The molecule has 0 aromatic heterocycles. The molecular formula is C17H18BrClO2. The second-order valence-corrected chi connectivity index (χ2v) is 6.14. The summed E-state index contributed by atoms with van der Waals surface area (Å²) in [5.74, 6) is 1.60. The van der Waals surface area contributed by atoms with E-state index in [-0.39, 0.29) is 5.38 Å². The summed E-state index contributed by atoms with van der Waals surface area (Å²) in [6.45, 7) is 4.05. The van der Waals surface area contributed by atoms with Crippen LogP contribution in [0.5, 0.6) is 11.5 Å². The zero-order chi connectivity index (χ0) is 15.6. The van der Waals surface area contributed by atoms with Crippen LogP contribution in [0.2, 0.25) is 0 Å². The minimum absolute atomic E-state index is 0.340. The summed E-state index contributed by atoms with van der Waals surface area (Å²) < 4.78 is 12.0. The van der Waals surface area contributed by atoms with Crippen molar-refractivity contribution in [3.63, 3.8) is 0 Å². The number of aryl methyl sites for hydroxylation is 1. The van der Waals surface area contributed by atoms with Gasteiger partial charge in [0.15, 0.2) is 0 Å². The molecule has 1 atom stereocenters. The van der Waals surface area contributed by atoms with Gasteiger partial charge in [-0.3, -0.25) is 0 Å². The summed E-state index contributed by atoms with van der Waals surface area (Å²) in [6.07, 6.45) is 0. The molecule has 112 valence electrons. The Bertz CT molecular complexity index is 655. The first kappa shape index (κ1) is 16.2. The predicted octanol–water partition coefficient (Wildman–Crippen LogP) is 5.41. The largest absolute Gasteiger partial charge is 0.496 e. The molecule has 21 heavy (non-hydrogen) atoms. The Morgan fingerprint density at radius 2 is 1.76 bits per heavy atom. The first-order valence-electron chi connectivity index (χ1n) is 6.61. The first-order valence-corrected chi connectivity index (χ1v) is 7.84. The van der Waals surface area contributed by atoms with Crippen molar-refractivity contribution in [3.05, 3.63) is 57.1 Å². The molecular weight excluding hydrogens is 352 g/mol. The Morgan fingerprint density at radius 1 is 1.10 bits per heavy atom. The number of ether oxygens (including phenoxy) is 2. The van der Waals surface area contributed by atoms with E-state index in [4.69, 9.17) is 21.1 Å². The van der Waals surface area contributed by atoms with Gasteiger partial charge in [-0.2, -0.15) is 0 Å². The molecule has 0 spiro atoms. The number of alkyl halides is 1. The fraction of sp³-hybridized carbons (Fsp3) is 0.294. The van der Waals surface area contributed by atoms with Gasteiger partial charge in [-0.15, -0.1) is 11.6 Å². The Morgan fingerprint density at radius 3 is 2.38 bits per heavy atom. The zero-order valence-electron chi connectivity index (χ0n) is 12.5. The molecule has 0 bridgehead atoms. The molecule has 0 amide bonds. The number of para-hydroxylation sites is 1. The molecule has 0 aliphatic heterocycles. The number of rotatable bonds is 4. The summed E-state index contributed by atoms with van der Waals surface area (Å²) in [6, 6.07) is 9.83. The molecule has 0 heterocycles. The third-order valence-corrected chi connectivity index (χ3v) is 4.85. The maximum atomic E-state index is 6.77. The van der Waals surface area contributed by atoms with Crippen molar-refractivity contribution < 1.29 is 9.47 Å². The Kier molecular flexibility index (Phi) is 5.17. The molecule has 0 radical (unpaired) electrons. The highest BCUT2D eigenvalue weighted by molar-refractivity contribution is 9.10. The van der Waals surface area contributed by atoms with E-state index in [0.29, 0.717) is 0 Å². The summed E-state index contributed by atoms with van der Waals surface area (Å²) in [7, 11) is 3.32. The maximum Gasteiger partial charge on any atom is 0.127 e. The molecule has 2 nitrogen and oxygen atoms in total. The lowest BCUT2D eigenvalue weighted by Crippen LogP contribution is -2.04. The topological polar surface area (TPSA) is 18.5 Å². The van der Waals surface area contributed by atoms with Crippen LogP contribution in [-0.2, 0) is 0 Å². The van der Waals surface area contributed by atoms with Crippen molar-refractivity contribution in [3.8, 4) is 11.5 Å². The number of hydrogen-bond donors (Lipinski definition) is 0. The fourth-order valence-electron chi connectivity index (χ4n) is 2.48. The van der Waals surface area contributed by atoms with Gasteiger partial charge in [-0.1, -0.05) is 34.1 Å². The summed E-state index contributed by atoms with van der Waals surface area (Å²) in [4.78, 5) is 0. The third kappa shape index (κ3) is 3.04. The van der Waals surface area contributed by atoms with E-state index >= 15 is 0 Å². The highest BCUT2D eigenvalue weighted by Crippen LogP contribution is 2.44. The van der Waals surface area contributed by atoms with Gasteiger partial charge >= 0.3 is 0 Å². The van der Waals surface area contributed by atoms with Gasteiger partial charge in [0, 0.05) is 15.6 Å². The summed E-state index contributed by atoms with van der Waals surface area (Å²) in [5, 5.41) is -0.340. The van der Waals surface area contributed by atoms with Crippen LogP contribution in [0.25, 0.3) is 0 Å². The minimum atomic E-state index is -0.340.